The van der Waals surface area contributed by atoms with Gasteiger partial charge in [0.05, 0.1) is 23.2 Å². The summed E-state index contributed by atoms with van der Waals surface area (Å²) in [6, 6.07) is 21.4. The Kier molecular flexibility index (Phi) is 6.46. The maximum atomic E-state index is 13.0. The van der Waals surface area contributed by atoms with Crippen molar-refractivity contribution in [1.82, 2.24) is 0 Å². The van der Waals surface area contributed by atoms with Crippen LogP contribution in [0.4, 0.5) is 4.39 Å². The number of allylic oxidation sites excluding steroid dienone is 1. The van der Waals surface area contributed by atoms with E-state index in [2.05, 4.69) is 22.0 Å². The molecule has 0 saturated carbocycles. The molecule has 28 heavy (non-hydrogen) atoms. The third kappa shape index (κ3) is 4.99. The lowest BCUT2D eigenvalue weighted by molar-refractivity contribution is 0.304. The second kappa shape index (κ2) is 9.20. The molecule has 0 fully saturated rings. The van der Waals surface area contributed by atoms with Crippen molar-refractivity contribution in [3.05, 3.63) is 93.7 Å². The highest BCUT2D eigenvalue weighted by Crippen LogP contribution is 2.29. The number of nitriles is 1. The van der Waals surface area contributed by atoms with Crippen LogP contribution in [0, 0.1) is 17.1 Å². The molecular formula is C23H17BrFNO2. The smallest absolute Gasteiger partial charge is 0.134 e. The molecule has 3 rings (SSSR count). The van der Waals surface area contributed by atoms with Gasteiger partial charge < -0.3 is 9.47 Å². The van der Waals surface area contributed by atoms with Gasteiger partial charge in [-0.1, -0.05) is 18.2 Å². The Hall–Kier alpha value is -3.10. The lowest BCUT2D eigenvalue weighted by atomic mass is 10.0. The van der Waals surface area contributed by atoms with Crippen LogP contribution in [0.5, 0.6) is 11.5 Å². The van der Waals surface area contributed by atoms with Gasteiger partial charge in [0.1, 0.15) is 23.9 Å². The number of benzene rings is 3. The Morgan fingerprint density at radius 1 is 1.07 bits per heavy atom. The number of ether oxygens (including phenoxy) is 2. The molecule has 3 aromatic carbocycles. The van der Waals surface area contributed by atoms with Gasteiger partial charge in [-0.25, -0.2) is 4.39 Å². The van der Waals surface area contributed by atoms with Crippen molar-refractivity contribution >= 4 is 27.6 Å². The molecule has 3 nitrogen and oxygen atoms in total. The van der Waals surface area contributed by atoms with Crippen LogP contribution in [0.15, 0.2) is 71.2 Å². The predicted octanol–water partition coefficient (Wildman–Crippen LogP) is 6.24. The molecule has 0 heterocycles. The highest BCUT2D eigenvalue weighted by molar-refractivity contribution is 9.10. The lowest BCUT2D eigenvalue weighted by Crippen LogP contribution is -1.96. The first-order valence-corrected chi connectivity index (χ1v) is 9.31. The summed E-state index contributed by atoms with van der Waals surface area (Å²) in [5, 5.41) is 9.51. The maximum Gasteiger partial charge on any atom is 0.134 e. The second-order valence-electron chi connectivity index (χ2n) is 6.00. The Balaban J connectivity index is 1.75. The Morgan fingerprint density at radius 2 is 1.79 bits per heavy atom. The van der Waals surface area contributed by atoms with Gasteiger partial charge >= 0.3 is 0 Å². The van der Waals surface area contributed by atoms with Crippen molar-refractivity contribution in [2.24, 2.45) is 0 Å². The van der Waals surface area contributed by atoms with Crippen LogP contribution in [-0.2, 0) is 6.61 Å². The van der Waals surface area contributed by atoms with Crippen molar-refractivity contribution in [2.45, 2.75) is 6.61 Å². The SMILES string of the molecule is COc1ccc(/C(C#N)=C/c2ccc(OCc3ccc(F)cc3)c(Br)c2)cc1. The summed E-state index contributed by atoms with van der Waals surface area (Å²) in [6.45, 7) is 0.337. The number of nitrogens with zero attached hydrogens (tertiary/aromatic N) is 1. The molecule has 0 N–H and O–H groups in total. The summed E-state index contributed by atoms with van der Waals surface area (Å²) < 4.78 is 24.7. The summed E-state index contributed by atoms with van der Waals surface area (Å²) in [5.41, 5.74) is 3.11. The molecule has 0 radical (unpaired) electrons. The molecule has 0 aliphatic carbocycles. The summed E-state index contributed by atoms with van der Waals surface area (Å²) in [5.74, 6) is 1.14. The normalized spacial score (nSPS) is 11.0. The number of hydrogen-bond donors (Lipinski definition) is 0. The van der Waals surface area contributed by atoms with Crippen LogP contribution in [0.3, 0.4) is 0 Å². The van der Waals surface area contributed by atoms with E-state index in [4.69, 9.17) is 9.47 Å². The van der Waals surface area contributed by atoms with Gasteiger partial charge in [-0.05, 0) is 87.2 Å². The quantitative estimate of drug-likeness (QED) is 0.338. The molecule has 0 saturated heterocycles. The molecule has 5 heteroatoms. The minimum Gasteiger partial charge on any atom is -0.497 e. The van der Waals surface area contributed by atoms with E-state index in [0.29, 0.717) is 17.9 Å². The number of methoxy groups -OCH3 is 1. The molecule has 0 aliphatic rings. The summed E-state index contributed by atoms with van der Waals surface area (Å²) in [7, 11) is 1.60. The van der Waals surface area contributed by atoms with Crippen LogP contribution in [0.1, 0.15) is 16.7 Å². The van der Waals surface area contributed by atoms with Crippen LogP contribution in [0.2, 0.25) is 0 Å². The average Bonchev–Trinajstić information content (AvgIpc) is 2.72. The van der Waals surface area contributed by atoms with Gasteiger partial charge in [0, 0.05) is 0 Å². The van der Waals surface area contributed by atoms with E-state index in [1.54, 1.807) is 19.2 Å². The van der Waals surface area contributed by atoms with E-state index in [1.807, 2.05) is 48.5 Å². The van der Waals surface area contributed by atoms with Crippen LogP contribution < -0.4 is 9.47 Å². The summed E-state index contributed by atoms with van der Waals surface area (Å²) in [4.78, 5) is 0. The highest BCUT2D eigenvalue weighted by Gasteiger charge is 2.06. The van der Waals surface area contributed by atoms with E-state index in [1.165, 1.54) is 12.1 Å². The largest absolute Gasteiger partial charge is 0.497 e. The standard InChI is InChI=1S/C23H17BrFNO2/c1-27-21-9-5-18(6-10-21)19(14-26)12-17-4-11-23(22(24)13-17)28-15-16-2-7-20(25)8-3-16/h2-13H,15H2,1H3/b19-12+. The van der Waals surface area contributed by atoms with Crippen molar-refractivity contribution in [1.29, 1.82) is 5.26 Å². The predicted molar refractivity (Wildman–Crippen MR) is 111 cm³/mol. The molecule has 0 spiro atoms. The van der Waals surface area contributed by atoms with Gasteiger partial charge in [-0.3, -0.25) is 0 Å². The molecule has 0 aromatic heterocycles. The fourth-order valence-electron chi connectivity index (χ4n) is 2.58. The van der Waals surface area contributed by atoms with E-state index in [-0.39, 0.29) is 5.82 Å². The van der Waals surface area contributed by atoms with Crippen molar-refractivity contribution in [3.8, 4) is 17.6 Å². The Bertz CT molecular complexity index is 1020. The zero-order valence-electron chi connectivity index (χ0n) is 15.2. The highest BCUT2D eigenvalue weighted by atomic mass is 79.9. The second-order valence-corrected chi connectivity index (χ2v) is 6.86. The van der Waals surface area contributed by atoms with Crippen LogP contribution in [0.25, 0.3) is 11.6 Å². The van der Waals surface area contributed by atoms with Crippen molar-refractivity contribution in [3.63, 3.8) is 0 Å². The first-order valence-electron chi connectivity index (χ1n) is 8.52. The molecule has 0 amide bonds. The van der Waals surface area contributed by atoms with Gasteiger partial charge in [0.2, 0.25) is 0 Å². The number of hydrogen-bond acceptors (Lipinski definition) is 3. The summed E-state index contributed by atoms with van der Waals surface area (Å²) >= 11 is 3.51. The van der Waals surface area contributed by atoms with Crippen LogP contribution >= 0.6 is 15.9 Å². The third-order valence-corrected chi connectivity index (χ3v) is 4.72. The zero-order valence-corrected chi connectivity index (χ0v) is 16.7. The average molecular weight is 438 g/mol. The lowest BCUT2D eigenvalue weighted by Gasteiger charge is -2.09. The zero-order chi connectivity index (χ0) is 19.9. The minimum absolute atomic E-state index is 0.272. The molecule has 0 bridgehead atoms. The monoisotopic (exact) mass is 437 g/mol. The van der Waals surface area contributed by atoms with Gasteiger partial charge in [0.25, 0.3) is 0 Å². The van der Waals surface area contributed by atoms with Gasteiger partial charge in [0.15, 0.2) is 0 Å². The molecular weight excluding hydrogens is 421 g/mol. The maximum absolute atomic E-state index is 13.0. The third-order valence-electron chi connectivity index (χ3n) is 4.10. The summed E-state index contributed by atoms with van der Waals surface area (Å²) in [6.07, 6.45) is 1.82. The first kappa shape index (κ1) is 19.7. The van der Waals surface area contributed by atoms with E-state index >= 15 is 0 Å². The van der Waals surface area contributed by atoms with Crippen molar-refractivity contribution < 1.29 is 13.9 Å². The fraction of sp³-hybridized carbons (Fsp3) is 0.0870. The first-order chi connectivity index (χ1) is 13.6. The van der Waals surface area contributed by atoms with E-state index < -0.39 is 0 Å². The topological polar surface area (TPSA) is 42.2 Å². The van der Waals surface area contributed by atoms with Gasteiger partial charge in [-0.15, -0.1) is 0 Å². The molecule has 3 aromatic rings. The molecule has 0 aliphatic heterocycles. The van der Waals surface area contributed by atoms with Gasteiger partial charge in [-0.2, -0.15) is 5.26 Å². The molecule has 140 valence electrons. The Morgan fingerprint density at radius 3 is 2.39 bits per heavy atom. The van der Waals surface area contributed by atoms with Crippen LogP contribution in [-0.4, -0.2) is 7.11 Å². The fourth-order valence-corrected chi connectivity index (χ4v) is 3.09. The van der Waals surface area contributed by atoms with Crippen molar-refractivity contribution in [2.75, 3.05) is 7.11 Å². The molecule has 0 unspecified atom stereocenters. The minimum atomic E-state index is -0.272. The number of halogens is 2. The Labute approximate surface area is 171 Å². The van der Waals surface area contributed by atoms with E-state index in [9.17, 15) is 9.65 Å². The molecule has 0 atom stereocenters. The van der Waals surface area contributed by atoms with E-state index in [0.717, 1.165) is 26.9 Å². The number of rotatable bonds is 6.